The maximum atomic E-state index is 12.1. The van der Waals surface area contributed by atoms with Crippen LogP contribution in [0.25, 0.3) is 0 Å². The van der Waals surface area contributed by atoms with E-state index in [1.165, 1.54) is 4.90 Å². The minimum Gasteiger partial charge on any atom is -0.480 e. The van der Waals surface area contributed by atoms with Crippen LogP contribution < -0.4 is 5.32 Å². The van der Waals surface area contributed by atoms with E-state index >= 15 is 0 Å². The topological polar surface area (TPSA) is 72.9 Å². The van der Waals surface area contributed by atoms with Gasteiger partial charge in [-0.05, 0) is 31.8 Å². The third-order valence-electron chi connectivity index (χ3n) is 4.01. The van der Waals surface area contributed by atoms with Crippen LogP contribution in [0.15, 0.2) is 0 Å². The molecule has 2 N–H and O–H groups in total. The van der Waals surface area contributed by atoms with Crippen molar-refractivity contribution in [2.75, 3.05) is 32.7 Å². The van der Waals surface area contributed by atoms with Crippen molar-refractivity contribution in [2.24, 2.45) is 5.92 Å². The van der Waals surface area contributed by atoms with Gasteiger partial charge in [-0.2, -0.15) is 0 Å². The second-order valence-corrected chi connectivity index (χ2v) is 5.44. The van der Waals surface area contributed by atoms with Crippen molar-refractivity contribution >= 4 is 12.0 Å². The van der Waals surface area contributed by atoms with Crippen molar-refractivity contribution in [1.82, 2.24) is 15.1 Å². The molecule has 1 aliphatic rings. The van der Waals surface area contributed by atoms with Crippen LogP contribution in [0.2, 0.25) is 0 Å². The van der Waals surface area contributed by atoms with Crippen molar-refractivity contribution in [2.45, 2.75) is 39.7 Å². The zero-order valence-electron chi connectivity index (χ0n) is 12.8. The number of hydrogen-bond acceptors (Lipinski definition) is 3. The SMILES string of the molecule is CCN(CC)CCNC(=O)N1CCC(C)CC1C(=O)O. The Morgan fingerprint density at radius 2 is 2.00 bits per heavy atom. The highest BCUT2D eigenvalue weighted by Crippen LogP contribution is 2.22. The number of urea groups is 1. The molecule has 0 aromatic carbocycles. The van der Waals surface area contributed by atoms with Crippen LogP contribution in [0.5, 0.6) is 0 Å². The molecular formula is C14H27N3O3. The molecule has 1 aliphatic heterocycles. The molecule has 0 spiro atoms. The van der Waals surface area contributed by atoms with Gasteiger partial charge in [0.15, 0.2) is 0 Å². The normalized spacial score (nSPS) is 22.9. The van der Waals surface area contributed by atoms with Crippen LogP contribution in [-0.2, 0) is 4.79 Å². The van der Waals surface area contributed by atoms with Gasteiger partial charge in [0.05, 0.1) is 0 Å². The standard InChI is InChI=1S/C14H27N3O3/c1-4-16(5-2)9-7-15-14(20)17-8-6-11(3)10-12(17)13(18)19/h11-12H,4-10H2,1-3H3,(H,15,20)(H,18,19). The van der Waals surface area contributed by atoms with Gasteiger partial charge in [0.25, 0.3) is 0 Å². The molecule has 0 bridgehead atoms. The molecule has 1 heterocycles. The summed E-state index contributed by atoms with van der Waals surface area (Å²) >= 11 is 0. The van der Waals surface area contributed by atoms with Gasteiger partial charge in [0.2, 0.25) is 0 Å². The zero-order valence-corrected chi connectivity index (χ0v) is 12.8. The molecule has 1 rings (SSSR count). The van der Waals surface area contributed by atoms with Gasteiger partial charge in [-0.25, -0.2) is 9.59 Å². The molecule has 2 atom stereocenters. The molecule has 1 saturated heterocycles. The van der Waals surface area contributed by atoms with E-state index in [1.54, 1.807) is 0 Å². The predicted octanol–water partition coefficient (Wildman–Crippen LogP) is 1.22. The lowest BCUT2D eigenvalue weighted by molar-refractivity contribution is -0.143. The lowest BCUT2D eigenvalue weighted by Crippen LogP contribution is -2.54. The van der Waals surface area contributed by atoms with Gasteiger partial charge in [-0.15, -0.1) is 0 Å². The second-order valence-electron chi connectivity index (χ2n) is 5.44. The number of likely N-dealkylation sites (tertiary alicyclic amines) is 1. The molecule has 0 aromatic rings. The minimum absolute atomic E-state index is 0.253. The van der Waals surface area contributed by atoms with Crippen molar-refractivity contribution in [3.63, 3.8) is 0 Å². The number of amides is 2. The first-order valence-electron chi connectivity index (χ1n) is 7.49. The Morgan fingerprint density at radius 3 is 2.55 bits per heavy atom. The molecule has 20 heavy (non-hydrogen) atoms. The number of nitrogens with zero attached hydrogens (tertiary/aromatic N) is 2. The van der Waals surface area contributed by atoms with E-state index in [4.69, 9.17) is 0 Å². The maximum Gasteiger partial charge on any atom is 0.326 e. The number of hydrogen-bond donors (Lipinski definition) is 2. The van der Waals surface area contributed by atoms with Crippen LogP contribution in [-0.4, -0.2) is 65.7 Å². The number of nitrogens with one attached hydrogen (secondary N) is 1. The Kier molecular flexibility index (Phi) is 6.78. The highest BCUT2D eigenvalue weighted by molar-refractivity contribution is 5.82. The molecule has 1 fully saturated rings. The van der Waals surface area contributed by atoms with Crippen molar-refractivity contribution in [3.8, 4) is 0 Å². The van der Waals surface area contributed by atoms with E-state index in [2.05, 4.69) is 24.1 Å². The van der Waals surface area contributed by atoms with E-state index in [-0.39, 0.29) is 6.03 Å². The number of carbonyl (C=O) groups is 2. The van der Waals surface area contributed by atoms with Gasteiger partial charge in [0, 0.05) is 19.6 Å². The van der Waals surface area contributed by atoms with E-state index in [1.807, 2.05) is 6.92 Å². The number of carboxylic acid groups (broad SMARTS) is 1. The number of likely N-dealkylation sites (N-methyl/N-ethyl adjacent to an activating group) is 1. The van der Waals surface area contributed by atoms with E-state index in [9.17, 15) is 14.7 Å². The minimum atomic E-state index is -0.907. The van der Waals surface area contributed by atoms with Gasteiger partial charge < -0.3 is 20.2 Å². The summed E-state index contributed by atoms with van der Waals surface area (Å²) in [6.07, 6.45) is 1.41. The molecule has 0 radical (unpaired) electrons. The second kappa shape index (κ2) is 8.09. The Morgan fingerprint density at radius 1 is 1.35 bits per heavy atom. The van der Waals surface area contributed by atoms with E-state index in [0.717, 1.165) is 26.1 Å². The smallest absolute Gasteiger partial charge is 0.326 e. The average Bonchev–Trinajstić information content (AvgIpc) is 2.43. The molecule has 0 saturated carbocycles. The fourth-order valence-electron chi connectivity index (χ4n) is 2.58. The summed E-state index contributed by atoms with van der Waals surface area (Å²) in [4.78, 5) is 27.0. The summed E-state index contributed by atoms with van der Waals surface area (Å²) in [5.74, 6) is -0.550. The van der Waals surface area contributed by atoms with Crippen LogP contribution >= 0.6 is 0 Å². The number of rotatable bonds is 6. The molecule has 116 valence electrons. The third kappa shape index (κ3) is 4.67. The monoisotopic (exact) mass is 285 g/mol. The van der Waals surface area contributed by atoms with Gasteiger partial charge in [0.1, 0.15) is 6.04 Å². The van der Waals surface area contributed by atoms with Crippen LogP contribution in [0.1, 0.15) is 33.6 Å². The summed E-state index contributed by atoms with van der Waals surface area (Å²) in [7, 11) is 0. The quantitative estimate of drug-likeness (QED) is 0.769. The average molecular weight is 285 g/mol. The van der Waals surface area contributed by atoms with E-state index in [0.29, 0.717) is 25.4 Å². The zero-order chi connectivity index (χ0) is 15.1. The van der Waals surface area contributed by atoms with Crippen molar-refractivity contribution in [3.05, 3.63) is 0 Å². The highest BCUT2D eigenvalue weighted by Gasteiger charge is 2.34. The van der Waals surface area contributed by atoms with Gasteiger partial charge >= 0.3 is 12.0 Å². The first kappa shape index (κ1) is 16.8. The molecule has 6 nitrogen and oxygen atoms in total. The number of carbonyl (C=O) groups excluding carboxylic acids is 1. The third-order valence-corrected chi connectivity index (χ3v) is 4.01. The lowest BCUT2D eigenvalue weighted by atomic mass is 9.93. The molecule has 0 aromatic heterocycles. The summed E-state index contributed by atoms with van der Waals surface area (Å²) in [5.41, 5.74) is 0. The summed E-state index contributed by atoms with van der Waals surface area (Å²) in [6.45, 7) is 9.97. The first-order chi connectivity index (χ1) is 9.49. The van der Waals surface area contributed by atoms with Crippen molar-refractivity contribution in [1.29, 1.82) is 0 Å². The van der Waals surface area contributed by atoms with E-state index < -0.39 is 12.0 Å². The Balaban J connectivity index is 2.46. The summed E-state index contributed by atoms with van der Waals surface area (Å²) < 4.78 is 0. The van der Waals surface area contributed by atoms with Crippen LogP contribution in [0.4, 0.5) is 4.79 Å². The Bertz CT molecular complexity index is 332. The Labute approximate surface area is 121 Å². The van der Waals surface area contributed by atoms with Crippen LogP contribution in [0, 0.1) is 5.92 Å². The lowest BCUT2D eigenvalue weighted by Gasteiger charge is -2.36. The van der Waals surface area contributed by atoms with Gasteiger partial charge in [-0.1, -0.05) is 20.8 Å². The Hall–Kier alpha value is -1.30. The molecular weight excluding hydrogens is 258 g/mol. The number of piperidine rings is 1. The fraction of sp³-hybridized carbons (Fsp3) is 0.857. The fourth-order valence-corrected chi connectivity index (χ4v) is 2.58. The highest BCUT2D eigenvalue weighted by atomic mass is 16.4. The summed E-state index contributed by atoms with van der Waals surface area (Å²) in [6, 6.07) is -0.941. The van der Waals surface area contributed by atoms with Crippen LogP contribution in [0.3, 0.4) is 0 Å². The number of carboxylic acids is 1. The number of aliphatic carboxylic acids is 1. The molecule has 2 unspecified atom stereocenters. The summed E-state index contributed by atoms with van der Waals surface area (Å²) in [5, 5.41) is 12.1. The largest absolute Gasteiger partial charge is 0.480 e. The van der Waals surface area contributed by atoms with Gasteiger partial charge in [-0.3, -0.25) is 0 Å². The molecule has 0 aliphatic carbocycles. The molecule has 2 amide bonds. The maximum absolute atomic E-state index is 12.1. The molecule has 6 heteroatoms. The predicted molar refractivity (Wildman–Crippen MR) is 77.7 cm³/mol. The first-order valence-corrected chi connectivity index (χ1v) is 7.49. The van der Waals surface area contributed by atoms with Crippen molar-refractivity contribution < 1.29 is 14.7 Å².